The lowest BCUT2D eigenvalue weighted by molar-refractivity contribution is -0.141. The Labute approximate surface area is 189 Å². The first-order chi connectivity index (χ1) is 15.6. The van der Waals surface area contributed by atoms with E-state index in [4.69, 9.17) is 0 Å². The first-order valence-corrected chi connectivity index (χ1v) is 10.4. The van der Waals surface area contributed by atoms with Crippen LogP contribution in [-0.2, 0) is 28.8 Å². The van der Waals surface area contributed by atoms with Crippen molar-refractivity contribution in [3.63, 3.8) is 0 Å². The Balaban J connectivity index is 1.86. The van der Waals surface area contributed by atoms with Crippen LogP contribution in [0.1, 0.15) is 55.6 Å². The summed E-state index contributed by atoms with van der Waals surface area (Å²) in [7, 11) is 0. The summed E-state index contributed by atoms with van der Waals surface area (Å²) in [6, 6.07) is 2.85. The Morgan fingerprint density at radius 1 is 0.485 bits per heavy atom. The van der Waals surface area contributed by atoms with E-state index >= 15 is 0 Å². The molecule has 0 saturated carbocycles. The van der Waals surface area contributed by atoms with Crippen molar-refractivity contribution in [1.29, 1.82) is 0 Å². The number of rotatable bonds is 6. The molecule has 3 unspecified atom stereocenters. The van der Waals surface area contributed by atoms with Crippen molar-refractivity contribution < 1.29 is 28.8 Å². The van der Waals surface area contributed by atoms with Gasteiger partial charge in [0, 0.05) is 36.5 Å². The summed E-state index contributed by atoms with van der Waals surface area (Å²) in [4.78, 5) is 77.5. The number of nitrogens with zero attached hydrogens (tertiary/aromatic N) is 3. The van der Waals surface area contributed by atoms with Gasteiger partial charge in [0.1, 0.15) is 0 Å². The predicted octanol–water partition coefficient (Wildman–Crippen LogP) is 1.64. The van der Waals surface area contributed by atoms with Crippen molar-refractivity contribution in [1.82, 2.24) is 14.7 Å². The van der Waals surface area contributed by atoms with E-state index in [-0.39, 0.29) is 0 Å². The SMILES string of the molecule is CC(c1cccc(C(C)N2C(=O)C=CC2=O)c1C(C)N1C(=O)C=CC1=O)N1C(=O)C=CC1=O. The molecule has 0 aromatic heterocycles. The molecule has 1 aromatic carbocycles. The van der Waals surface area contributed by atoms with Crippen LogP contribution in [0.25, 0.3) is 0 Å². The van der Waals surface area contributed by atoms with Crippen molar-refractivity contribution in [2.75, 3.05) is 0 Å². The number of carbonyl (C=O) groups excluding carboxylic acids is 6. The second-order valence-electron chi connectivity index (χ2n) is 8.02. The van der Waals surface area contributed by atoms with Crippen LogP contribution >= 0.6 is 0 Å². The maximum Gasteiger partial charge on any atom is 0.254 e. The third kappa shape index (κ3) is 3.51. The summed E-state index contributed by atoms with van der Waals surface area (Å²) in [6.07, 6.45) is 7.06. The Kier molecular flexibility index (Phi) is 5.41. The van der Waals surface area contributed by atoms with Crippen LogP contribution in [-0.4, -0.2) is 50.1 Å². The Hall–Kier alpha value is -4.14. The smallest absolute Gasteiger partial charge is 0.254 e. The minimum absolute atomic E-state index is 0.478. The van der Waals surface area contributed by atoms with Gasteiger partial charge in [0.05, 0.1) is 18.1 Å². The van der Waals surface area contributed by atoms with Gasteiger partial charge in [-0.2, -0.15) is 0 Å². The van der Waals surface area contributed by atoms with Crippen LogP contribution < -0.4 is 0 Å². The molecule has 0 aliphatic carbocycles. The summed E-state index contributed by atoms with van der Waals surface area (Å²) in [6.45, 7) is 4.99. The predicted molar refractivity (Wildman–Crippen MR) is 115 cm³/mol. The second-order valence-corrected chi connectivity index (χ2v) is 8.02. The monoisotopic (exact) mass is 447 g/mol. The Morgan fingerprint density at radius 2 is 0.758 bits per heavy atom. The molecule has 168 valence electrons. The molecule has 3 aliphatic rings. The molecule has 33 heavy (non-hydrogen) atoms. The molecule has 4 rings (SSSR count). The number of hydrogen-bond acceptors (Lipinski definition) is 6. The first-order valence-electron chi connectivity index (χ1n) is 10.4. The number of carbonyl (C=O) groups is 6. The molecule has 9 heteroatoms. The molecule has 3 aliphatic heterocycles. The van der Waals surface area contributed by atoms with Gasteiger partial charge in [0.15, 0.2) is 0 Å². The van der Waals surface area contributed by atoms with Crippen molar-refractivity contribution >= 4 is 35.4 Å². The first kappa shape index (κ1) is 22.1. The minimum atomic E-state index is -0.794. The second kappa shape index (κ2) is 8.09. The van der Waals surface area contributed by atoms with Crippen LogP contribution in [0, 0.1) is 0 Å². The van der Waals surface area contributed by atoms with E-state index in [1.807, 2.05) is 0 Å². The Bertz CT molecular complexity index is 1090. The van der Waals surface area contributed by atoms with Gasteiger partial charge in [-0.3, -0.25) is 43.5 Å². The van der Waals surface area contributed by atoms with Crippen molar-refractivity contribution in [3.05, 3.63) is 71.3 Å². The van der Waals surface area contributed by atoms with Gasteiger partial charge in [-0.05, 0) is 37.5 Å². The van der Waals surface area contributed by atoms with Gasteiger partial charge in [0.25, 0.3) is 35.4 Å². The maximum atomic E-state index is 12.4. The van der Waals surface area contributed by atoms with Gasteiger partial charge < -0.3 is 0 Å². The molecule has 6 amide bonds. The van der Waals surface area contributed by atoms with Crippen molar-refractivity contribution in [2.45, 2.75) is 38.9 Å². The standard InChI is InChI=1S/C24H21N3O6/c1-13(25-18(28)7-8-19(25)29)16-5-4-6-17(14(2)26-20(30)9-10-21(26)31)24(16)15(3)27-22(32)11-12-23(27)33/h4-15H,1-3H3. The minimum Gasteiger partial charge on any atom is -0.269 e. The Morgan fingerprint density at radius 3 is 1.06 bits per heavy atom. The highest BCUT2D eigenvalue weighted by Crippen LogP contribution is 2.39. The van der Waals surface area contributed by atoms with E-state index in [2.05, 4.69) is 0 Å². The molecule has 1 aromatic rings. The fourth-order valence-electron chi connectivity index (χ4n) is 4.60. The quantitative estimate of drug-likeness (QED) is 0.613. The molecule has 3 heterocycles. The van der Waals surface area contributed by atoms with Gasteiger partial charge in [-0.1, -0.05) is 18.2 Å². The lowest BCUT2D eigenvalue weighted by atomic mass is 9.87. The van der Waals surface area contributed by atoms with E-state index < -0.39 is 53.6 Å². The number of benzene rings is 1. The van der Waals surface area contributed by atoms with Gasteiger partial charge in [-0.25, -0.2) is 0 Å². The summed E-state index contributed by atoms with van der Waals surface area (Å²) in [5, 5.41) is 0. The maximum absolute atomic E-state index is 12.4. The summed E-state index contributed by atoms with van der Waals surface area (Å²) >= 11 is 0. The zero-order chi connectivity index (χ0) is 24.0. The lowest BCUT2D eigenvalue weighted by Gasteiger charge is -2.34. The zero-order valence-corrected chi connectivity index (χ0v) is 18.2. The van der Waals surface area contributed by atoms with Crippen LogP contribution in [0.5, 0.6) is 0 Å². The molecule has 0 spiro atoms. The zero-order valence-electron chi connectivity index (χ0n) is 18.2. The third-order valence-electron chi connectivity index (χ3n) is 6.18. The molecule has 0 radical (unpaired) electrons. The van der Waals surface area contributed by atoms with Crippen molar-refractivity contribution in [2.24, 2.45) is 0 Å². The van der Waals surface area contributed by atoms with Crippen LogP contribution in [0.4, 0.5) is 0 Å². The normalized spacial score (nSPS) is 20.6. The molecular formula is C24H21N3O6. The fourth-order valence-corrected chi connectivity index (χ4v) is 4.60. The molecule has 0 saturated heterocycles. The summed E-state index contributed by atoms with van der Waals surface area (Å²) in [5.41, 5.74) is 1.54. The number of amides is 6. The average Bonchev–Trinajstić information content (AvgIpc) is 3.42. The average molecular weight is 447 g/mol. The molecule has 0 N–H and O–H groups in total. The molecule has 0 fully saturated rings. The summed E-state index contributed by atoms with van der Waals surface area (Å²) in [5.74, 6) is -2.92. The fraction of sp³-hybridized carbons (Fsp3) is 0.250. The molecule has 3 atom stereocenters. The van der Waals surface area contributed by atoms with Crippen LogP contribution in [0.2, 0.25) is 0 Å². The largest absolute Gasteiger partial charge is 0.269 e. The number of hydrogen-bond donors (Lipinski definition) is 0. The molecule has 9 nitrogen and oxygen atoms in total. The summed E-state index contributed by atoms with van der Waals surface area (Å²) < 4.78 is 0. The van der Waals surface area contributed by atoms with E-state index in [1.165, 1.54) is 36.5 Å². The van der Waals surface area contributed by atoms with Gasteiger partial charge in [-0.15, -0.1) is 0 Å². The topological polar surface area (TPSA) is 112 Å². The van der Waals surface area contributed by atoms with Gasteiger partial charge >= 0.3 is 0 Å². The van der Waals surface area contributed by atoms with E-state index in [0.29, 0.717) is 16.7 Å². The molecule has 0 bridgehead atoms. The van der Waals surface area contributed by atoms with E-state index in [1.54, 1.807) is 39.0 Å². The highest BCUT2D eigenvalue weighted by atomic mass is 16.2. The number of imide groups is 3. The van der Waals surface area contributed by atoms with Crippen molar-refractivity contribution in [3.8, 4) is 0 Å². The van der Waals surface area contributed by atoms with E-state index in [0.717, 1.165) is 14.7 Å². The highest BCUT2D eigenvalue weighted by molar-refractivity contribution is 6.14. The third-order valence-corrected chi connectivity index (χ3v) is 6.18. The highest BCUT2D eigenvalue weighted by Gasteiger charge is 2.38. The van der Waals surface area contributed by atoms with Crippen LogP contribution in [0.15, 0.2) is 54.7 Å². The van der Waals surface area contributed by atoms with E-state index in [9.17, 15) is 28.8 Å². The van der Waals surface area contributed by atoms with Crippen LogP contribution in [0.3, 0.4) is 0 Å². The lowest BCUT2D eigenvalue weighted by Crippen LogP contribution is -2.38. The molecular weight excluding hydrogens is 426 g/mol. The van der Waals surface area contributed by atoms with Gasteiger partial charge in [0.2, 0.25) is 0 Å².